The van der Waals surface area contributed by atoms with Crippen LogP contribution in [0.4, 0.5) is 0 Å². The van der Waals surface area contributed by atoms with Gasteiger partial charge in [0.25, 0.3) is 0 Å². The first-order valence-electron chi connectivity index (χ1n) is 11.7. The third-order valence-electron chi connectivity index (χ3n) is 6.79. The van der Waals surface area contributed by atoms with E-state index in [-0.39, 0.29) is 18.1 Å². The maximum absolute atomic E-state index is 11.9. The molecule has 2 atom stereocenters. The van der Waals surface area contributed by atoms with E-state index in [0.717, 1.165) is 57.4 Å². The molecule has 1 aliphatic heterocycles. The van der Waals surface area contributed by atoms with Crippen molar-refractivity contribution in [1.29, 1.82) is 0 Å². The van der Waals surface area contributed by atoms with Gasteiger partial charge in [0.05, 0.1) is 24.7 Å². The maximum atomic E-state index is 11.9. The van der Waals surface area contributed by atoms with E-state index in [1.165, 1.54) is 11.8 Å². The Kier molecular flexibility index (Phi) is 7.94. The van der Waals surface area contributed by atoms with Gasteiger partial charge >= 0.3 is 0 Å². The number of sulfonamides is 1. The van der Waals surface area contributed by atoms with Crippen molar-refractivity contribution in [3.05, 3.63) is 66.0 Å². The largest absolute Gasteiger partial charge is 0.378 e. The quantitative estimate of drug-likeness (QED) is 0.656. The van der Waals surface area contributed by atoms with Gasteiger partial charge in [0.1, 0.15) is 0 Å². The molecule has 174 valence electrons. The van der Waals surface area contributed by atoms with E-state index < -0.39 is 10.0 Å². The van der Waals surface area contributed by atoms with E-state index in [1.807, 2.05) is 24.4 Å². The average molecular weight is 458 g/mol. The number of ether oxygens (including phenoxy) is 1. The number of pyridine rings is 1. The van der Waals surface area contributed by atoms with Gasteiger partial charge in [-0.2, -0.15) is 0 Å². The summed E-state index contributed by atoms with van der Waals surface area (Å²) < 4.78 is 33.1. The zero-order chi connectivity index (χ0) is 22.4. The van der Waals surface area contributed by atoms with E-state index in [9.17, 15) is 8.42 Å². The lowest BCUT2D eigenvalue weighted by Crippen LogP contribution is -2.52. The Balaban J connectivity index is 1.32. The molecule has 6 nitrogen and oxygen atoms in total. The summed E-state index contributed by atoms with van der Waals surface area (Å²) in [6.07, 6.45) is 8.54. The summed E-state index contributed by atoms with van der Waals surface area (Å²) in [4.78, 5) is 6.81. The van der Waals surface area contributed by atoms with Crippen molar-refractivity contribution in [2.75, 3.05) is 26.0 Å². The van der Waals surface area contributed by atoms with Crippen LogP contribution in [-0.2, 0) is 21.3 Å². The van der Waals surface area contributed by atoms with Gasteiger partial charge in [-0.1, -0.05) is 36.4 Å². The van der Waals surface area contributed by atoms with Crippen LogP contribution in [0.2, 0.25) is 0 Å². The first-order valence-corrected chi connectivity index (χ1v) is 13.6. The SMILES string of the molecule is CS(=O)(=O)NC1CCN(Cc2ccccn2)CC1COC1CCC(c2ccccc2)CC1. The second-order valence-corrected chi connectivity index (χ2v) is 11.1. The van der Waals surface area contributed by atoms with Crippen LogP contribution >= 0.6 is 0 Å². The number of piperidine rings is 1. The smallest absolute Gasteiger partial charge is 0.208 e. The highest BCUT2D eigenvalue weighted by Gasteiger charge is 2.32. The molecule has 0 amide bonds. The topological polar surface area (TPSA) is 71.5 Å². The number of rotatable bonds is 8. The zero-order valence-corrected chi connectivity index (χ0v) is 19.7. The number of nitrogens with zero attached hydrogens (tertiary/aromatic N) is 2. The normalized spacial score (nSPS) is 27.3. The van der Waals surface area contributed by atoms with Crippen LogP contribution < -0.4 is 4.72 Å². The second-order valence-electron chi connectivity index (χ2n) is 9.32. The fraction of sp³-hybridized carbons (Fsp3) is 0.560. The molecule has 4 rings (SSSR count). The molecule has 1 saturated heterocycles. The molecule has 0 radical (unpaired) electrons. The Morgan fingerprint density at radius 3 is 2.47 bits per heavy atom. The Morgan fingerprint density at radius 1 is 1.03 bits per heavy atom. The molecule has 2 unspecified atom stereocenters. The van der Waals surface area contributed by atoms with E-state index >= 15 is 0 Å². The summed E-state index contributed by atoms with van der Waals surface area (Å²) in [5.41, 5.74) is 2.47. The molecule has 0 spiro atoms. The fourth-order valence-electron chi connectivity index (χ4n) is 5.12. The van der Waals surface area contributed by atoms with Crippen molar-refractivity contribution < 1.29 is 13.2 Å². The number of nitrogens with one attached hydrogen (secondary N) is 1. The molecule has 1 N–H and O–H groups in total. The van der Waals surface area contributed by atoms with Crippen LogP contribution in [-0.4, -0.2) is 56.4 Å². The number of hydrogen-bond acceptors (Lipinski definition) is 5. The zero-order valence-electron chi connectivity index (χ0n) is 18.9. The van der Waals surface area contributed by atoms with Crippen LogP contribution in [0.1, 0.15) is 49.3 Å². The second kappa shape index (κ2) is 10.9. The standard InChI is InChI=1S/C25H35N3O3S/c1-32(29,30)27-25-14-16-28(18-23-9-5-6-15-26-23)17-22(25)19-31-24-12-10-21(11-13-24)20-7-3-2-4-8-20/h2-9,15,21-22,24-25,27H,10-14,16-19H2,1H3. The molecular formula is C25H35N3O3S. The minimum absolute atomic E-state index is 0.0781. The van der Waals surface area contributed by atoms with E-state index in [0.29, 0.717) is 12.5 Å². The van der Waals surface area contributed by atoms with Crippen molar-refractivity contribution in [2.45, 2.75) is 56.7 Å². The molecule has 2 heterocycles. The Hall–Kier alpha value is -1.80. The summed E-state index contributed by atoms with van der Waals surface area (Å²) in [7, 11) is -3.25. The molecular weight excluding hydrogens is 422 g/mol. The predicted molar refractivity (Wildman–Crippen MR) is 127 cm³/mol. The minimum Gasteiger partial charge on any atom is -0.378 e. The minimum atomic E-state index is -3.25. The van der Waals surface area contributed by atoms with Crippen LogP contribution in [0.3, 0.4) is 0 Å². The van der Waals surface area contributed by atoms with Crippen LogP contribution in [0.5, 0.6) is 0 Å². The van der Waals surface area contributed by atoms with E-state index in [1.54, 1.807) is 0 Å². The van der Waals surface area contributed by atoms with Crippen LogP contribution in [0.25, 0.3) is 0 Å². The van der Waals surface area contributed by atoms with E-state index in [4.69, 9.17) is 4.74 Å². The van der Waals surface area contributed by atoms with Crippen molar-refractivity contribution in [1.82, 2.24) is 14.6 Å². The average Bonchev–Trinajstić information content (AvgIpc) is 2.80. The number of aromatic nitrogens is 1. The van der Waals surface area contributed by atoms with Crippen LogP contribution in [0.15, 0.2) is 54.7 Å². The highest BCUT2D eigenvalue weighted by atomic mass is 32.2. The van der Waals surface area contributed by atoms with Gasteiger partial charge in [-0.3, -0.25) is 9.88 Å². The van der Waals surface area contributed by atoms with Gasteiger partial charge < -0.3 is 4.74 Å². The van der Waals surface area contributed by atoms with Gasteiger partial charge in [0.2, 0.25) is 10.0 Å². The first kappa shape index (κ1) is 23.4. The summed E-state index contributed by atoms with van der Waals surface area (Å²) in [5, 5.41) is 0. The molecule has 2 fully saturated rings. The van der Waals surface area contributed by atoms with Crippen LogP contribution in [0, 0.1) is 5.92 Å². The predicted octanol–water partition coefficient (Wildman–Crippen LogP) is 3.56. The van der Waals surface area contributed by atoms with Gasteiger partial charge in [-0.15, -0.1) is 0 Å². The maximum Gasteiger partial charge on any atom is 0.208 e. The summed E-state index contributed by atoms with van der Waals surface area (Å²) in [6, 6.07) is 16.7. The summed E-state index contributed by atoms with van der Waals surface area (Å²) in [5.74, 6) is 0.758. The molecule has 1 saturated carbocycles. The molecule has 2 aromatic rings. The van der Waals surface area contributed by atoms with Gasteiger partial charge in [0.15, 0.2) is 0 Å². The number of hydrogen-bond donors (Lipinski definition) is 1. The third kappa shape index (κ3) is 6.85. The van der Waals surface area contributed by atoms with Gasteiger partial charge in [-0.25, -0.2) is 13.1 Å². The summed E-state index contributed by atoms with van der Waals surface area (Å²) >= 11 is 0. The lowest BCUT2D eigenvalue weighted by atomic mass is 9.82. The van der Waals surface area contributed by atoms with Crippen molar-refractivity contribution >= 4 is 10.0 Å². The molecule has 7 heteroatoms. The van der Waals surface area contributed by atoms with Gasteiger partial charge in [0, 0.05) is 37.8 Å². The molecule has 1 aliphatic carbocycles. The Labute approximate surface area is 192 Å². The van der Waals surface area contributed by atoms with E-state index in [2.05, 4.69) is 44.9 Å². The summed E-state index contributed by atoms with van der Waals surface area (Å²) in [6.45, 7) is 3.03. The lowest BCUT2D eigenvalue weighted by Gasteiger charge is -2.39. The lowest BCUT2D eigenvalue weighted by molar-refractivity contribution is -0.0180. The molecule has 32 heavy (non-hydrogen) atoms. The number of benzene rings is 1. The van der Waals surface area contributed by atoms with Crippen molar-refractivity contribution in [3.63, 3.8) is 0 Å². The Morgan fingerprint density at radius 2 is 1.78 bits per heavy atom. The molecule has 0 bridgehead atoms. The molecule has 1 aromatic carbocycles. The molecule has 1 aromatic heterocycles. The monoisotopic (exact) mass is 457 g/mol. The number of likely N-dealkylation sites (tertiary alicyclic amines) is 1. The van der Waals surface area contributed by atoms with Crippen molar-refractivity contribution in [2.24, 2.45) is 5.92 Å². The fourth-order valence-corrected chi connectivity index (χ4v) is 5.98. The highest BCUT2D eigenvalue weighted by Crippen LogP contribution is 2.34. The highest BCUT2D eigenvalue weighted by molar-refractivity contribution is 7.88. The first-order chi connectivity index (χ1) is 15.5. The molecule has 2 aliphatic rings. The van der Waals surface area contributed by atoms with Crippen molar-refractivity contribution in [3.8, 4) is 0 Å². The third-order valence-corrected chi connectivity index (χ3v) is 7.52. The van der Waals surface area contributed by atoms with Gasteiger partial charge in [-0.05, 0) is 55.7 Å². The Bertz CT molecular complexity index is 931.